The van der Waals surface area contributed by atoms with Gasteiger partial charge in [-0.15, -0.1) is 11.3 Å². The minimum Gasteiger partial charge on any atom is -0.310 e. The van der Waals surface area contributed by atoms with Crippen LogP contribution in [0.25, 0.3) is 0 Å². The maximum absolute atomic E-state index is 4.71. The molecule has 1 aromatic carbocycles. The number of thiazole rings is 1. The Bertz CT molecular complexity index is 525. The number of nitrogens with zero attached hydrogens (tertiary/aromatic N) is 1. The topological polar surface area (TPSA) is 24.9 Å². The first-order valence-corrected chi connectivity index (χ1v) is 8.05. The van der Waals surface area contributed by atoms with Gasteiger partial charge in [0.05, 0.1) is 5.69 Å². The van der Waals surface area contributed by atoms with Crippen LogP contribution in [0.1, 0.15) is 49.9 Å². The molecule has 1 heterocycles. The van der Waals surface area contributed by atoms with Gasteiger partial charge in [-0.2, -0.15) is 0 Å². The molecule has 0 aliphatic rings. The summed E-state index contributed by atoms with van der Waals surface area (Å²) < 4.78 is 0. The van der Waals surface area contributed by atoms with E-state index in [2.05, 4.69) is 68.7 Å². The Morgan fingerprint density at radius 2 is 1.90 bits per heavy atom. The van der Waals surface area contributed by atoms with Crippen molar-refractivity contribution in [2.75, 3.05) is 6.54 Å². The van der Waals surface area contributed by atoms with Crippen molar-refractivity contribution in [3.63, 3.8) is 0 Å². The van der Waals surface area contributed by atoms with Crippen LogP contribution in [0.3, 0.4) is 0 Å². The normalized spacial score (nSPS) is 13.4. The third kappa shape index (κ3) is 4.15. The molecule has 0 aliphatic heterocycles. The molecule has 108 valence electrons. The Labute approximate surface area is 126 Å². The Hall–Kier alpha value is -1.19. The van der Waals surface area contributed by atoms with E-state index in [4.69, 9.17) is 4.98 Å². The second-order valence-electron chi connectivity index (χ2n) is 6.32. The van der Waals surface area contributed by atoms with Crippen LogP contribution in [-0.2, 0) is 12.0 Å². The van der Waals surface area contributed by atoms with Crippen molar-refractivity contribution in [2.24, 2.45) is 0 Å². The van der Waals surface area contributed by atoms with E-state index in [1.54, 1.807) is 11.3 Å². The fourth-order valence-corrected chi connectivity index (χ4v) is 3.02. The molecule has 0 bridgehead atoms. The van der Waals surface area contributed by atoms with Gasteiger partial charge in [0.2, 0.25) is 0 Å². The molecule has 0 amide bonds. The van der Waals surface area contributed by atoms with Gasteiger partial charge < -0.3 is 5.32 Å². The Balaban J connectivity index is 1.83. The molecule has 1 N–H and O–H groups in total. The molecule has 0 aliphatic carbocycles. The molecule has 0 saturated heterocycles. The van der Waals surface area contributed by atoms with Crippen LogP contribution in [0.2, 0.25) is 0 Å². The average molecular weight is 288 g/mol. The first-order valence-electron chi connectivity index (χ1n) is 7.17. The van der Waals surface area contributed by atoms with E-state index in [-0.39, 0.29) is 5.41 Å². The molecule has 2 rings (SSSR count). The van der Waals surface area contributed by atoms with Crippen LogP contribution >= 0.6 is 11.3 Å². The van der Waals surface area contributed by atoms with Gasteiger partial charge >= 0.3 is 0 Å². The summed E-state index contributed by atoms with van der Waals surface area (Å²) in [5.74, 6) is 0.526. The van der Waals surface area contributed by atoms with E-state index in [9.17, 15) is 0 Å². The van der Waals surface area contributed by atoms with E-state index >= 15 is 0 Å². The Kier molecular flexibility index (Phi) is 4.95. The minimum absolute atomic E-state index is 0.145. The summed E-state index contributed by atoms with van der Waals surface area (Å²) in [6.45, 7) is 10.7. The molecular formula is C17H24N2S. The summed E-state index contributed by atoms with van der Waals surface area (Å²) in [4.78, 5) is 4.71. The van der Waals surface area contributed by atoms with Crippen LogP contribution in [0, 0.1) is 0 Å². The number of rotatable bonds is 5. The number of hydrogen-bond donors (Lipinski definition) is 1. The molecule has 0 spiro atoms. The van der Waals surface area contributed by atoms with Crippen LogP contribution < -0.4 is 5.32 Å². The van der Waals surface area contributed by atoms with Crippen molar-refractivity contribution in [3.8, 4) is 0 Å². The zero-order valence-corrected chi connectivity index (χ0v) is 13.6. The minimum atomic E-state index is 0.145. The summed E-state index contributed by atoms with van der Waals surface area (Å²) in [6.07, 6.45) is 0. The van der Waals surface area contributed by atoms with Gasteiger partial charge in [0.15, 0.2) is 0 Å². The lowest BCUT2D eigenvalue weighted by molar-refractivity contribution is 0.565. The zero-order valence-electron chi connectivity index (χ0n) is 12.8. The molecule has 0 radical (unpaired) electrons. The SMILES string of the molecule is CC(CNCc1nc(C(C)(C)C)cs1)c1ccccc1. The van der Waals surface area contributed by atoms with Crippen molar-refractivity contribution in [3.05, 3.63) is 52.0 Å². The van der Waals surface area contributed by atoms with Gasteiger partial charge in [0.25, 0.3) is 0 Å². The fourth-order valence-electron chi connectivity index (χ4n) is 2.03. The van der Waals surface area contributed by atoms with Crippen LogP contribution in [0.15, 0.2) is 35.7 Å². The first kappa shape index (κ1) is 15.2. The van der Waals surface area contributed by atoms with E-state index in [1.807, 2.05) is 0 Å². The summed E-state index contributed by atoms with van der Waals surface area (Å²) in [5.41, 5.74) is 2.72. The highest BCUT2D eigenvalue weighted by Gasteiger charge is 2.17. The largest absolute Gasteiger partial charge is 0.310 e. The van der Waals surface area contributed by atoms with Crippen molar-refractivity contribution >= 4 is 11.3 Å². The van der Waals surface area contributed by atoms with Crippen molar-refractivity contribution < 1.29 is 0 Å². The second-order valence-corrected chi connectivity index (χ2v) is 7.26. The predicted molar refractivity (Wildman–Crippen MR) is 87.4 cm³/mol. The molecule has 0 fully saturated rings. The maximum atomic E-state index is 4.71. The molecule has 1 aromatic heterocycles. The van der Waals surface area contributed by atoms with Gasteiger partial charge in [-0.05, 0) is 11.5 Å². The highest BCUT2D eigenvalue weighted by atomic mass is 32.1. The Morgan fingerprint density at radius 1 is 1.20 bits per heavy atom. The summed E-state index contributed by atoms with van der Waals surface area (Å²) in [5, 5.41) is 6.87. The van der Waals surface area contributed by atoms with Gasteiger partial charge in [0, 0.05) is 23.9 Å². The number of nitrogens with one attached hydrogen (secondary N) is 1. The standard InChI is InChI=1S/C17H24N2S/c1-13(14-8-6-5-7-9-14)10-18-11-16-19-15(12-20-16)17(2,3)4/h5-9,12-13,18H,10-11H2,1-4H3. The monoisotopic (exact) mass is 288 g/mol. The molecule has 1 atom stereocenters. The molecule has 20 heavy (non-hydrogen) atoms. The van der Waals surface area contributed by atoms with E-state index < -0.39 is 0 Å². The van der Waals surface area contributed by atoms with E-state index in [0.717, 1.165) is 13.1 Å². The van der Waals surface area contributed by atoms with Crippen LogP contribution in [0.5, 0.6) is 0 Å². The van der Waals surface area contributed by atoms with Gasteiger partial charge in [-0.1, -0.05) is 58.0 Å². The predicted octanol–water partition coefficient (Wildman–Crippen LogP) is 4.33. The zero-order chi connectivity index (χ0) is 14.6. The quantitative estimate of drug-likeness (QED) is 0.885. The van der Waals surface area contributed by atoms with Gasteiger partial charge in [-0.25, -0.2) is 4.98 Å². The lowest BCUT2D eigenvalue weighted by Gasteiger charge is -2.14. The molecule has 1 unspecified atom stereocenters. The average Bonchev–Trinajstić information content (AvgIpc) is 2.88. The fraction of sp³-hybridized carbons (Fsp3) is 0.471. The molecule has 0 saturated carbocycles. The highest BCUT2D eigenvalue weighted by molar-refractivity contribution is 7.09. The van der Waals surface area contributed by atoms with Crippen molar-refractivity contribution in [2.45, 2.75) is 45.6 Å². The smallest absolute Gasteiger partial charge is 0.107 e. The van der Waals surface area contributed by atoms with Crippen LogP contribution in [0.4, 0.5) is 0 Å². The third-order valence-electron chi connectivity index (χ3n) is 3.42. The molecule has 2 nitrogen and oxygen atoms in total. The second kappa shape index (κ2) is 6.51. The number of hydrogen-bond acceptors (Lipinski definition) is 3. The summed E-state index contributed by atoms with van der Waals surface area (Å²) in [6, 6.07) is 10.6. The Morgan fingerprint density at radius 3 is 2.50 bits per heavy atom. The highest BCUT2D eigenvalue weighted by Crippen LogP contribution is 2.23. The van der Waals surface area contributed by atoms with Gasteiger partial charge in [-0.3, -0.25) is 0 Å². The molecule has 2 aromatic rings. The van der Waals surface area contributed by atoms with E-state index in [0.29, 0.717) is 5.92 Å². The van der Waals surface area contributed by atoms with Crippen LogP contribution in [-0.4, -0.2) is 11.5 Å². The van der Waals surface area contributed by atoms with Crippen molar-refractivity contribution in [1.29, 1.82) is 0 Å². The molecular weight excluding hydrogens is 264 g/mol. The molecule has 3 heteroatoms. The maximum Gasteiger partial charge on any atom is 0.107 e. The number of aromatic nitrogens is 1. The summed E-state index contributed by atoms with van der Waals surface area (Å²) >= 11 is 1.75. The first-order chi connectivity index (χ1) is 9.47. The van der Waals surface area contributed by atoms with E-state index in [1.165, 1.54) is 16.3 Å². The number of benzene rings is 1. The lowest BCUT2D eigenvalue weighted by atomic mass is 9.93. The van der Waals surface area contributed by atoms with Gasteiger partial charge in [0.1, 0.15) is 5.01 Å². The van der Waals surface area contributed by atoms with Crippen molar-refractivity contribution in [1.82, 2.24) is 10.3 Å². The lowest BCUT2D eigenvalue weighted by Crippen LogP contribution is -2.20. The summed E-state index contributed by atoms with van der Waals surface area (Å²) in [7, 11) is 0. The third-order valence-corrected chi connectivity index (χ3v) is 4.26.